The molecule has 0 unspecified atom stereocenters. The van der Waals surface area contributed by atoms with Crippen molar-refractivity contribution in [3.05, 3.63) is 48.3 Å². The summed E-state index contributed by atoms with van der Waals surface area (Å²) in [5.74, 6) is 0.360. The van der Waals surface area contributed by atoms with E-state index in [-0.39, 0.29) is 5.69 Å². The Morgan fingerprint density at radius 2 is 2.14 bits per heavy atom. The van der Waals surface area contributed by atoms with E-state index in [0.29, 0.717) is 17.0 Å². The van der Waals surface area contributed by atoms with E-state index < -0.39 is 18.9 Å². The fraction of sp³-hybridized carbons (Fsp3) is 0.263. The summed E-state index contributed by atoms with van der Waals surface area (Å²) < 4.78 is 30.4. The number of rotatable bonds is 5. The third kappa shape index (κ3) is 2.87. The van der Waals surface area contributed by atoms with Crippen LogP contribution in [0.4, 0.5) is 8.78 Å². The van der Waals surface area contributed by atoms with E-state index in [4.69, 9.17) is 10.7 Å². The summed E-state index contributed by atoms with van der Waals surface area (Å²) >= 11 is 0. The maximum Gasteiger partial charge on any atom is 0.267 e. The number of aromatic nitrogens is 6. The molecule has 1 aliphatic rings. The molecule has 5 rings (SSSR count). The van der Waals surface area contributed by atoms with E-state index in [1.165, 1.54) is 17.1 Å². The molecule has 1 amide bonds. The zero-order chi connectivity index (χ0) is 20.1. The average molecular weight is 397 g/mol. The predicted octanol–water partition coefficient (Wildman–Crippen LogP) is 2.37. The van der Waals surface area contributed by atoms with E-state index in [1.54, 1.807) is 22.7 Å². The maximum atomic E-state index is 12.7. The van der Waals surface area contributed by atoms with Gasteiger partial charge in [-0.3, -0.25) is 13.9 Å². The minimum absolute atomic E-state index is 0.283. The first-order valence-electron chi connectivity index (χ1n) is 9.20. The lowest BCUT2D eigenvalue weighted by Crippen LogP contribution is -2.13. The van der Waals surface area contributed by atoms with Gasteiger partial charge in [0.2, 0.25) is 0 Å². The zero-order valence-corrected chi connectivity index (χ0v) is 15.3. The van der Waals surface area contributed by atoms with Crippen LogP contribution in [0.15, 0.2) is 36.8 Å². The molecule has 5 heterocycles. The number of imidazole rings is 2. The Morgan fingerprint density at radius 1 is 1.28 bits per heavy atom. The van der Waals surface area contributed by atoms with E-state index in [0.717, 1.165) is 36.5 Å². The first-order valence-corrected chi connectivity index (χ1v) is 9.20. The molecular weight excluding hydrogens is 380 g/mol. The first kappa shape index (κ1) is 17.5. The molecule has 0 spiro atoms. The van der Waals surface area contributed by atoms with Crippen LogP contribution in [-0.4, -0.2) is 41.0 Å². The van der Waals surface area contributed by atoms with Gasteiger partial charge in [-0.15, -0.1) is 0 Å². The molecule has 0 saturated carbocycles. The summed E-state index contributed by atoms with van der Waals surface area (Å²) in [6.07, 6.45) is 4.10. The van der Waals surface area contributed by atoms with Crippen LogP contribution < -0.4 is 5.73 Å². The quantitative estimate of drug-likeness (QED) is 0.559. The maximum absolute atomic E-state index is 12.7. The number of hydrogen-bond acceptors (Lipinski definition) is 4. The van der Waals surface area contributed by atoms with Crippen LogP contribution in [-0.2, 0) is 19.5 Å². The minimum atomic E-state index is -2.48. The smallest absolute Gasteiger partial charge is 0.267 e. The second-order valence-electron chi connectivity index (χ2n) is 6.95. The van der Waals surface area contributed by atoms with Gasteiger partial charge in [0.25, 0.3) is 12.3 Å². The number of halogens is 2. The molecule has 4 aromatic rings. The van der Waals surface area contributed by atoms with Gasteiger partial charge in [0.1, 0.15) is 35.1 Å². The van der Waals surface area contributed by atoms with Gasteiger partial charge in [0, 0.05) is 30.9 Å². The topological polar surface area (TPSA) is 96.0 Å². The number of amides is 1. The lowest BCUT2D eigenvalue weighted by atomic mass is 10.1. The van der Waals surface area contributed by atoms with Crippen LogP contribution in [0.2, 0.25) is 0 Å². The Labute approximate surface area is 163 Å². The van der Waals surface area contributed by atoms with Gasteiger partial charge >= 0.3 is 0 Å². The summed E-state index contributed by atoms with van der Waals surface area (Å²) in [6, 6.07) is 5.39. The average Bonchev–Trinajstić information content (AvgIpc) is 3.42. The number of nitrogens with zero attached hydrogens (tertiary/aromatic N) is 6. The van der Waals surface area contributed by atoms with Crippen LogP contribution in [0, 0.1) is 0 Å². The third-order valence-corrected chi connectivity index (χ3v) is 5.07. The molecule has 0 aliphatic carbocycles. The van der Waals surface area contributed by atoms with E-state index >= 15 is 0 Å². The number of carbonyl (C=O) groups excluding carboxylic acids is 1. The Morgan fingerprint density at radius 3 is 2.93 bits per heavy atom. The first-order chi connectivity index (χ1) is 14.0. The van der Waals surface area contributed by atoms with Gasteiger partial charge in [0.15, 0.2) is 0 Å². The molecule has 0 aromatic carbocycles. The number of alkyl halides is 2. The van der Waals surface area contributed by atoms with Crippen molar-refractivity contribution in [1.29, 1.82) is 0 Å². The molecule has 4 aromatic heterocycles. The summed E-state index contributed by atoms with van der Waals surface area (Å²) in [5, 5.41) is 4.29. The van der Waals surface area contributed by atoms with Crippen LogP contribution in [0.5, 0.6) is 0 Å². The van der Waals surface area contributed by atoms with E-state index in [9.17, 15) is 13.6 Å². The van der Waals surface area contributed by atoms with Crippen molar-refractivity contribution in [3.63, 3.8) is 0 Å². The normalized spacial score (nSPS) is 13.5. The molecule has 0 saturated heterocycles. The van der Waals surface area contributed by atoms with E-state index in [2.05, 4.69) is 14.6 Å². The van der Waals surface area contributed by atoms with E-state index in [1.807, 2.05) is 6.07 Å². The van der Waals surface area contributed by atoms with Crippen LogP contribution >= 0.6 is 0 Å². The fourth-order valence-electron chi connectivity index (χ4n) is 3.83. The van der Waals surface area contributed by atoms with Crippen molar-refractivity contribution in [3.8, 4) is 22.6 Å². The Hall–Kier alpha value is -3.56. The number of nitrogens with two attached hydrogens (primary N) is 1. The summed E-state index contributed by atoms with van der Waals surface area (Å²) in [6.45, 7) is 0.339. The second kappa shape index (κ2) is 6.50. The zero-order valence-electron chi connectivity index (χ0n) is 15.3. The molecule has 8 nitrogen and oxygen atoms in total. The molecule has 2 N–H and O–H groups in total. The Balaban J connectivity index is 1.67. The van der Waals surface area contributed by atoms with Crippen molar-refractivity contribution in [1.82, 2.24) is 28.7 Å². The lowest BCUT2D eigenvalue weighted by Gasteiger charge is -2.09. The fourth-order valence-corrected chi connectivity index (χ4v) is 3.83. The highest BCUT2D eigenvalue weighted by molar-refractivity contribution is 5.92. The lowest BCUT2D eigenvalue weighted by molar-refractivity contribution is 0.0994. The van der Waals surface area contributed by atoms with Gasteiger partial charge in [-0.1, -0.05) is 0 Å². The van der Waals surface area contributed by atoms with Crippen molar-refractivity contribution in [2.45, 2.75) is 32.4 Å². The van der Waals surface area contributed by atoms with Gasteiger partial charge in [-0.25, -0.2) is 18.7 Å². The van der Waals surface area contributed by atoms with Crippen molar-refractivity contribution < 1.29 is 13.6 Å². The highest BCUT2D eigenvalue weighted by Crippen LogP contribution is 2.35. The summed E-state index contributed by atoms with van der Waals surface area (Å²) in [5.41, 5.74) is 9.16. The molecule has 0 atom stereocenters. The molecule has 10 heteroatoms. The number of carbonyl (C=O) groups is 1. The third-order valence-electron chi connectivity index (χ3n) is 5.07. The summed E-state index contributed by atoms with van der Waals surface area (Å²) in [7, 11) is 0. The molecule has 0 bridgehead atoms. The highest BCUT2D eigenvalue weighted by atomic mass is 19.3. The minimum Gasteiger partial charge on any atom is -0.364 e. The number of hydrogen-bond donors (Lipinski definition) is 1. The number of pyridine rings is 1. The largest absolute Gasteiger partial charge is 0.364 e. The number of primary amides is 1. The highest BCUT2D eigenvalue weighted by Gasteiger charge is 2.25. The van der Waals surface area contributed by atoms with Gasteiger partial charge < -0.3 is 10.3 Å². The molecule has 29 heavy (non-hydrogen) atoms. The molecular formula is C19H17F2N7O. The van der Waals surface area contributed by atoms with Crippen LogP contribution in [0.25, 0.3) is 28.3 Å². The van der Waals surface area contributed by atoms with Crippen LogP contribution in [0.1, 0.15) is 22.7 Å². The standard InChI is InChI=1S/C19H17F2N7O/c20-14(21)10-26-7-5-12(25-26)17-18(27-6-1-2-16(27)24-17)11-3-4-15-23-8-13(19(22)29)28(15)9-11/h3-5,7-9,14H,1-2,6,10H2,(H2,22,29). The molecule has 0 radical (unpaired) electrons. The van der Waals surface area contributed by atoms with Gasteiger partial charge in [0.05, 0.1) is 11.9 Å². The van der Waals surface area contributed by atoms with Crippen LogP contribution in [0.3, 0.4) is 0 Å². The molecule has 1 aliphatic heterocycles. The SMILES string of the molecule is NC(=O)c1cnc2ccc(-c3c(-c4ccn(CC(F)F)n4)nc4n3CCC4)cn12. The second-order valence-corrected chi connectivity index (χ2v) is 6.95. The molecule has 0 fully saturated rings. The number of fused-ring (bicyclic) bond motifs is 2. The Kier molecular flexibility index (Phi) is 3.93. The monoisotopic (exact) mass is 397 g/mol. The Bertz CT molecular complexity index is 1240. The van der Waals surface area contributed by atoms with Gasteiger partial charge in [-0.2, -0.15) is 5.10 Å². The van der Waals surface area contributed by atoms with Crippen molar-refractivity contribution >= 4 is 11.6 Å². The summed E-state index contributed by atoms with van der Waals surface area (Å²) in [4.78, 5) is 20.6. The van der Waals surface area contributed by atoms with Crippen molar-refractivity contribution in [2.75, 3.05) is 0 Å². The number of aryl methyl sites for hydroxylation is 1. The van der Waals surface area contributed by atoms with Crippen molar-refractivity contribution in [2.24, 2.45) is 5.73 Å². The predicted molar refractivity (Wildman–Crippen MR) is 100 cm³/mol. The van der Waals surface area contributed by atoms with Gasteiger partial charge in [-0.05, 0) is 24.6 Å². The molecule has 148 valence electrons.